The number of nitrogens with one attached hydrogen (secondary N) is 2. The Morgan fingerprint density at radius 1 is 1.53 bits per heavy atom. The first kappa shape index (κ1) is 10.7. The average Bonchev–Trinajstić information content (AvgIpc) is 2.45. The van der Waals surface area contributed by atoms with Gasteiger partial charge in [0.2, 0.25) is 0 Å². The minimum absolute atomic E-state index is 0.261. The zero-order valence-electron chi connectivity index (χ0n) is 9.89. The largest absolute Gasteiger partial charge is 0.444 e. The summed E-state index contributed by atoms with van der Waals surface area (Å²) < 4.78 is 5.23. The van der Waals surface area contributed by atoms with Crippen molar-refractivity contribution in [1.29, 1.82) is 0 Å². The maximum absolute atomic E-state index is 11.5. The molecule has 2 aliphatic rings. The van der Waals surface area contributed by atoms with Crippen LogP contribution in [0.5, 0.6) is 0 Å². The molecule has 2 rings (SSSR count). The van der Waals surface area contributed by atoms with Gasteiger partial charge in [-0.1, -0.05) is 6.92 Å². The molecule has 15 heavy (non-hydrogen) atoms. The first-order valence-corrected chi connectivity index (χ1v) is 5.53. The Bertz CT molecular complexity index is 285. The first-order valence-electron chi connectivity index (χ1n) is 5.53. The molecule has 1 saturated carbocycles. The number of rotatable bonds is 1. The molecule has 0 bridgehead atoms. The average molecular weight is 212 g/mol. The number of ether oxygens (including phenoxy) is 1. The predicted octanol–water partition coefficient (Wildman–Crippen LogP) is 1.12. The molecule has 1 saturated heterocycles. The predicted molar refractivity (Wildman–Crippen MR) is 57.6 cm³/mol. The highest BCUT2D eigenvalue weighted by Crippen LogP contribution is 2.54. The fraction of sp³-hybridized carbons (Fsp3) is 0.909. The lowest BCUT2D eigenvalue weighted by molar-refractivity contribution is 0.0514. The van der Waals surface area contributed by atoms with Crippen LogP contribution in [0.3, 0.4) is 0 Å². The number of carbonyl (C=O) groups excluding carboxylic acids is 1. The zero-order chi connectivity index (χ0) is 11.3. The summed E-state index contributed by atoms with van der Waals surface area (Å²) in [5.74, 6) is 0.588. The summed E-state index contributed by atoms with van der Waals surface area (Å²) in [6.45, 7) is 9.85. The van der Waals surface area contributed by atoms with Crippen LogP contribution in [-0.4, -0.2) is 30.8 Å². The quantitative estimate of drug-likeness (QED) is 0.685. The normalized spacial score (nSPS) is 38.4. The number of hydrogen-bond acceptors (Lipinski definition) is 3. The van der Waals surface area contributed by atoms with Gasteiger partial charge in [-0.15, -0.1) is 0 Å². The van der Waals surface area contributed by atoms with Crippen molar-refractivity contribution in [1.82, 2.24) is 10.6 Å². The lowest BCUT2D eigenvalue weighted by Crippen LogP contribution is -2.38. The lowest BCUT2D eigenvalue weighted by Gasteiger charge is -2.20. The monoisotopic (exact) mass is 212 g/mol. The van der Waals surface area contributed by atoms with Gasteiger partial charge in [-0.05, 0) is 20.8 Å². The standard InChI is InChI=1S/C11H20N2O2/c1-10(2,3)15-9(14)13-8-7-5-12-6-11(7,8)4/h7-8,12H,5-6H2,1-4H3,(H,13,14)/t7?,8?,11-/m0/s1. The Morgan fingerprint density at radius 3 is 2.67 bits per heavy atom. The number of carbonyl (C=O) groups is 1. The second-order valence-electron chi connectivity index (χ2n) is 5.87. The van der Waals surface area contributed by atoms with Gasteiger partial charge in [0.25, 0.3) is 0 Å². The van der Waals surface area contributed by atoms with Gasteiger partial charge in [0.05, 0.1) is 0 Å². The summed E-state index contributed by atoms with van der Waals surface area (Å²) in [4.78, 5) is 11.5. The summed E-state index contributed by atoms with van der Waals surface area (Å²) in [6.07, 6.45) is -0.289. The molecule has 0 spiro atoms. The molecule has 1 amide bonds. The van der Waals surface area contributed by atoms with Crippen LogP contribution in [0, 0.1) is 11.3 Å². The van der Waals surface area contributed by atoms with Crippen molar-refractivity contribution in [3.05, 3.63) is 0 Å². The van der Waals surface area contributed by atoms with E-state index >= 15 is 0 Å². The molecule has 0 aromatic rings. The second kappa shape index (κ2) is 3.11. The number of hydrogen-bond donors (Lipinski definition) is 2. The molecule has 1 aliphatic heterocycles. The number of piperidine rings is 1. The van der Waals surface area contributed by atoms with Gasteiger partial charge >= 0.3 is 6.09 Å². The summed E-state index contributed by atoms with van der Waals surface area (Å²) in [5.41, 5.74) is -0.149. The van der Waals surface area contributed by atoms with Crippen LogP contribution in [0.25, 0.3) is 0 Å². The fourth-order valence-corrected chi connectivity index (χ4v) is 2.45. The van der Waals surface area contributed by atoms with E-state index in [4.69, 9.17) is 4.74 Å². The van der Waals surface area contributed by atoms with Crippen molar-refractivity contribution >= 4 is 6.09 Å². The van der Waals surface area contributed by atoms with E-state index in [1.54, 1.807) is 0 Å². The third-order valence-corrected chi connectivity index (χ3v) is 3.39. The van der Waals surface area contributed by atoms with Crippen LogP contribution in [0.4, 0.5) is 4.79 Å². The van der Waals surface area contributed by atoms with E-state index in [9.17, 15) is 4.79 Å². The van der Waals surface area contributed by atoms with Crippen molar-refractivity contribution in [3.8, 4) is 0 Å². The summed E-state index contributed by atoms with van der Waals surface area (Å²) >= 11 is 0. The topological polar surface area (TPSA) is 50.4 Å². The van der Waals surface area contributed by atoms with E-state index in [1.165, 1.54) is 0 Å². The van der Waals surface area contributed by atoms with Crippen LogP contribution >= 0.6 is 0 Å². The maximum atomic E-state index is 11.5. The van der Waals surface area contributed by atoms with E-state index in [2.05, 4.69) is 17.6 Å². The smallest absolute Gasteiger partial charge is 0.407 e. The van der Waals surface area contributed by atoms with E-state index in [-0.39, 0.29) is 11.5 Å². The van der Waals surface area contributed by atoms with Gasteiger partial charge in [0, 0.05) is 30.5 Å². The molecule has 0 aromatic heterocycles. The van der Waals surface area contributed by atoms with Gasteiger partial charge < -0.3 is 15.4 Å². The summed E-state index contributed by atoms with van der Waals surface area (Å²) in [6, 6.07) is 0.300. The molecule has 0 radical (unpaired) electrons. The van der Waals surface area contributed by atoms with Crippen LogP contribution in [-0.2, 0) is 4.74 Å². The molecule has 2 fully saturated rings. The molecule has 4 nitrogen and oxygen atoms in total. The summed E-state index contributed by atoms with van der Waals surface area (Å²) in [5, 5.41) is 6.27. The minimum atomic E-state index is -0.409. The SMILES string of the molecule is CC(C)(C)OC(=O)NC1C2CNC[C@@]21C. The van der Waals surface area contributed by atoms with Crippen LogP contribution < -0.4 is 10.6 Å². The van der Waals surface area contributed by atoms with Crippen LogP contribution in [0.1, 0.15) is 27.7 Å². The Balaban J connectivity index is 1.82. The van der Waals surface area contributed by atoms with E-state index < -0.39 is 5.60 Å². The Morgan fingerprint density at radius 2 is 2.20 bits per heavy atom. The Hall–Kier alpha value is -0.770. The molecule has 2 N–H and O–H groups in total. The Labute approximate surface area is 90.8 Å². The molecule has 2 unspecified atom stereocenters. The van der Waals surface area contributed by atoms with Crippen molar-refractivity contribution in [2.24, 2.45) is 11.3 Å². The van der Waals surface area contributed by atoms with Gasteiger partial charge in [-0.2, -0.15) is 0 Å². The number of fused-ring (bicyclic) bond motifs is 1. The highest BCUT2D eigenvalue weighted by atomic mass is 16.6. The highest BCUT2D eigenvalue weighted by molar-refractivity contribution is 5.69. The third kappa shape index (κ3) is 1.95. The van der Waals surface area contributed by atoms with Crippen molar-refractivity contribution < 1.29 is 9.53 Å². The van der Waals surface area contributed by atoms with E-state index in [0.717, 1.165) is 13.1 Å². The van der Waals surface area contributed by atoms with Crippen LogP contribution in [0.15, 0.2) is 0 Å². The van der Waals surface area contributed by atoms with Gasteiger partial charge in [0.1, 0.15) is 5.60 Å². The molecule has 3 atom stereocenters. The first-order chi connectivity index (χ1) is 6.83. The van der Waals surface area contributed by atoms with Crippen molar-refractivity contribution in [3.63, 3.8) is 0 Å². The molecule has 0 aromatic carbocycles. The number of alkyl carbamates (subject to hydrolysis) is 1. The van der Waals surface area contributed by atoms with Crippen LogP contribution in [0.2, 0.25) is 0 Å². The number of amides is 1. The van der Waals surface area contributed by atoms with Gasteiger partial charge in [-0.3, -0.25) is 0 Å². The molecule has 86 valence electrons. The van der Waals surface area contributed by atoms with Crippen molar-refractivity contribution in [2.75, 3.05) is 13.1 Å². The van der Waals surface area contributed by atoms with E-state index in [0.29, 0.717) is 12.0 Å². The van der Waals surface area contributed by atoms with Gasteiger partial charge in [-0.25, -0.2) is 4.79 Å². The van der Waals surface area contributed by atoms with E-state index in [1.807, 2.05) is 20.8 Å². The van der Waals surface area contributed by atoms with Gasteiger partial charge in [0.15, 0.2) is 0 Å². The second-order valence-corrected chi connectivity index (χ2v) is 5.87. The summed E-state index contributed by atoms with van der Waals surface area (Å²) in [7, 11) is 0. The molecular formula is C11H20N2O2. The third-order valence-electron chi connectivity index (χ3n) is 3.39. The Kier molecular flexibility index (Phi) is 2.23. The zero-order valence-corrected chi connectivity index (χ0v) is 9.89. The molecule has 1 aliphatic carbocycles. The maximum Gasteiger partial charge on any atom is 0.407 e. The molecule has 1 heterocycles. The molecular weight excluding hydrogens is 192 g/mol. The lowest BCUT2D eigenvalue weighted by atomic mass is 10.1. The minimum Gasteiger partial charge on any atom is -0.444 e. The molecule has 4 heteroatoms. The highest BCUT2D eigenvalue weighted by Gasteiger charge is 2.64. The van der Waals surface area contributed by atoms with Crippen molar-refractivity contribution in [2.45, 2.75) is 39.3 Å². The fourth-order valence-electron chi connectivity index (χ4n) is 2.45.